The average molecular weight is 488 g/mol. The Morgan fingerprint density at radius 3 is 2.46 bits per heavy atom. The van der Waals surface area contributed by atoms with Gasteiger partial charge in [0.1, 0.15) is 17.7 Å². The summed E-state index contributed by atoms with van der Waals surface area (Å²) in [6.45, 7) is 7.16. The van der Waals surface area contributed by atoms with Crippen LogP contribution in [0.5, 0.6) is 0 Å². The number of carbonyl (C=O) groups excluding carboxylic acids is 3. The van der Waals surface area contributed by atoms with Crippen LogP contribution in [0.2, 0.25) is 0 Å². The topological polar surface area (TPSA) is 134 Å². The van der Waals surface area contributed by atoms with Gasteiger partial charge in [0.15, 0.2) is 0 Å². The molecule has 0 saturated carbocycles. The molecule has 0 aromatic heterocycles. The van der Waals surface area contributed by atoms with Crippen LogP contribution >= 0.6 is 0 Å². The molecule has 1 spiro atoms. The standard InChI is InChI=1S/C24H33N5O6/c1-16-8-11-27(12-9-16)13-21(30)28-14-24(15-28)10-7-20(35-24)23(32)25-17(2)22(31)26-18-3-5-19(6-4-18)29(33)34/h3-6,16-17,20H,7-15H2,1-2H3,(H,25,32)(H,26,31)/t17-,20?/m0/s1. The number of amides is 3. The van der Waals surface area contributed by atoms with E-state index in [1.54, 1.807) is 11.8 Å². The van der Waals surface area contributed by atoms with Crippen LogP contribution in [0, 0.1) is 16.0 Å². The van der Waals surface area contributed by atoms with Crippen LogP contribution in [-0.4, -0.2) is 82.9 Å². The summed E-state index contributed by atoms with van der Waals surface area (Å²) in [7, 11) is 0. The third-order valence-electron chi connectivity index (χ3n) is 7.19. The van der Waals surface area contributed by atoms with Crippen molar-refractivity contribution in [2.24, 2.45) is 5.92 Å². The number of hydrogen-bond donors (Lipinski definition) is 2. The summed E-state index contributed by atoms with van der Waals surface area (Å²) >= 11 is 0. The maximum atomic E-state index is 12.7. The SMILES string of the molecule is CC1CCN(CC(=O)N2CC3(CCC(C(=O)N[C@@H](C)C(=O)Nc4ccc([N+](=O)[O-])cc4)O3)C2)CC1. The van der Waals surface area contributed by atoms with Crippen molar-refractivity contribution in [2.45, 2.75) is 57.3 Å². The van der Waals surface area contributed by atoms with Gasteiger partial charge in [-0.25, -0.2) is 0 Å². The molecule has 3 saturated heterocycles. The fraction of sp³-hybridized carbons (Fsp3) is 0.625. The van der Waals surface area contributed by atoms with E-state index in [-0.39, 0.29) is 17.5 Å². The van der Waals surface area contributed by atoms with Gasteiger partial charge in [0.2, 0.25) is 17.7 Å². The van der Waals surface area contributed by atoms with Gasteiger partial charge in [0.05, 0.1) is 24.6 Å². The fourth-order valence-electron chi connectivity index (χ4n) is 4.86. The number of benzene rings is 1. The molecule has 3 aliphatic rings. The number of carbonyl (C=O) groups is 3. The summed E-state index contributed by atoms with van der Waals surface area (Å²) in [4.78, 5) is 52.0. The zero-order valence-corrected chi connectivity index (χ0v) is 20.2. The van der Waals surface area contributed by atoms with Gasteiger partial charge in [-0.15, -0.1) is 0 Å². The first-order valence-electron chi connectivity index (χ1n) is 12.2. The maximum absolute atomic E-state index is 12.7. The van der Waals surface area contributed by atoms with Crippen LogP contribution in [0.1, 0.15) is 39.5 Å². The quantitative estimate of drug-likeness (QED) is 0.440. The lowest BCUT2D eigenvalue weighted by Gasteiger charge is -2.48. The van der Waals surface area contributed by atoms with Crippen molar-refractivity contribution in [1.82, 2.24) is 15.1 Å². The van der Waals surface area contributed by atoms with Crippen LogP contribution < -0.4 is 10.6 Å². The van der Waals surface area contributed by atoms with Crippen LogP contribution in [0.25, 0.3) is 0 Å². The Labute approximate surface area is 204 Å². The van der Waals surface area contributed by atoms with Crippen LogP contribution in [0.4, 0.5) is 11.4 Å². The largest absolute Gasteiger partial charge is 0.358 e. The predicted molar refractivity (Wildman–Crippen MR) is 128 cm³/mol. The summed E-state index contributed by atoms with van der Waals surface area (Å²) in [5.74, 6) is 0.0331. The normalized spacial score (nSPS) is 22.9. The van der Waals surface area contributed by atoms with E-state index >= 15 is 0 Å². The van der Waals surface area contributed by atoms with E-state index in [2.05, 4.69) is 22.5 Å². The van der Waals surface area contributed by atoms with Crippen molar-refractivity contribution in [3.63, 3.8) is 0 Å². The highest BCUT2D eigenvalue weighted by Crippen LogP contribution is 2.38. The molecule has 3 aliphatic heterocycles. The molecule has 1 aromatic rings. The van der Waals surface area contributed by atoms with Crippen molar-refractivity contribution in [1.29, 1.82) is 0 Å². The number of anilines is 1. The van der Waals surface area contributed by atoms with Crippen LogP contribution in [0.3, 0.4) is 0 Å². The summed E-state index contributed by atoms with van der Waals surface area (Å²) < 4.78 is 6.05. The number of non-ortho nitro benzene ring substituents is 1. The average Bonchev–Trinajstić information content (AvgIpc) is 3.26. The van der Waals surface area contributed by atoms with E-state index in [4.69, 9.17) is 4.74 Å². The number of nitrogens with zero attached hydrogens (tertiary/aromatic N) is 3. The molecule has 2 atom stereocenters. The van der Waals surface area contributed by atoms with Gasteiger partial charge in [-0.05, 0) is 63.7 Å². The molecule has 1 unspecified atom stereocenters. The van der Waals surface area contributed by atoms with Crippen molar-refractivity contribution >= 4 is 29.1 Å². The number of rotatable bonds is 7. The highest BCUT2D eigenvalue weighted by Gasteiger charge is 2.52. The Morgan fingerprint density at radius 2 is 1.83 bits per heavy atom. The van der Waals surface area contributed by atoms with Gasteiger partial charge in [-0.3, -0.25) is 29.4 Å². The molecule has 35 heavy (non-hydrogen) atoms. The molecular formula is C24H33N5O6. The summed E-state index contributed by atoms with van der Waals surface area (Å²) in [5.41, 5.74) is -0.150. The molecule has 0 bridgehead atoms. The molecule has 190 valence electrons. The highest BCUT2D eigenvalue weighted by molar-refractivity contribution is 5.97. The lowest BCUT2D eigenvalue weighted by molar-refractivity contribution is -0.384. The van der Waals surface area contributed by atoms with E-state index in [0.717, 1.165) is 31.8 Å². The molecule has 1 aromatic carbocycles. The minimum atomic E-state index is -0.815. The van der Waals surface area contributed by atoms with E-state index in [1.165, 1.54) is 24.3 Å². The minimum absolute atomic E-state index is 0.0750. The molecule has 0 aliphatic carbocycles. The summed E-state index contributed by atoms with van der Waals surface area (Å²) in [6.07, 6.45) is 2.82. The minimum Gasteiger partial charge on any atom is -0.358 e. The first-order chi connectivity index (χ1) is 16.6. The third-order valence-corrected chi connectivity index (χ3v) is 7.19. The van der Waals surface area contributed by atoms with E-state index in [9.17, 15) is 24.5 Å². The fourth-order valence-corrected chi connectivity index (χ4v) is 4.86. The van der Waals surface area contributed by atoms with Crippen LogP contribution in [-0.2, 0) is 19.1 Å². The monoisotopic (exact) mass is 487 g/mol. The number of ether oxygens (including phenoxy) is 1. The molecule has 3 amide bonds. The van der Waals surface area contributed by atoms with Crippen molar-refractivity contribution in [2.75, 3.05) is 38.0 Å². The zero-order valence-electron chi connectivity index (χ0n) is 20.2. The summed E-state index contributed by atoms with van der Waals surface area (Å²) in [6, 6.07) is 4.65. The summed E-state index contributed by atoms with van der Waals surface area (Å²) in [5, 5.41) is 16.1. The Hall–Kier alpha value is -3.05. The highest BCUT2D eigenvalue weighted by atomic mass is 16.6. The predicted octanol–water partition coefficient (Wildman–Crippen LogP) is 1.53. The van der Waals surface area contributed by atoms with E-state index in [1.807, 2.05) is 0 Å². The van der Waals surface area contributed by atoms with Crippen molar-refractivity contribution in [3.8, 4) is 0 Å². The number of likely N-dealkylation sites (tertiary alicyclic amines) is 2. The second-order valence-electron chi connectivity index (χ2n) is 10.1. The van der Waals surface area contributed by atoms with Crippen LogP contribution in [0.15, 0.2) is 24.3 Å². The molecule has 4 rings (SSSR count). The number of piperidine rings is 1. The van der Waals surface area contributed by atoms with E-state index in [0.29, 0.717) is 38.2 Å². The second-order valence-corrected chi connectivity index (χ2v) is 10.1. The molecule has 11 heteroatoms. The Balaban J connectivity index is 1.19. The smallest absolute Gasteiger partial charge is 0.269 e. The van der Waals surface area contributed by atoms with Gasteiger partial charge in [-0.1, -0.05) is 6.92 Å². The molecule has 3 fully saturated rings. The number of nitrogens with one attached hydrogen (secondary N) is 2. The van der Waals surface area contributed by atoms with Gasteiger partial charge in [0.25, 0.3) is 5.69 Å². The second kappa shape index (κ2) is 10.3. The van der Waals surface area contributed by atoms with Crippen molar-refractivity contribution in [3.05, 3.63) is 34.4 Å². The van der Waals surface area contributed by atoms with Crippen molar-refractivity contribution < 1.29 is 24.0 Å². The Bertz CT molecular complexity index is 969. The Morgan fingerprint density at radius 1 is 1.17 bits per heavy atom. The number of hydrogen-bond acceptors (Lipinski definition) is 7. The van der Waals surface area contributed by atoms with Gasteiger partial charge in [-0.2, -0.15) is 0 Å². The van der Waals surface area contributed by atoms with E-state index < -0.39 is 28.6 Å². The van der Waals surface area contributed by atoms with Gasteiger partial charge in [0, 0.05) is 17.8 Å². The molecule has 11 nitrogen and oxygen atoms in total. The lowest BCUT2D eigenvalue weighted by atomic mass is 9.90. The number of nitro groups is 1. The Kier molecular flexibility index (Phi) is 7.36. The molecular weight excluding hydrogens is 454 g/mol. The number of nitro benzene ring substituents is 1. The molecule has 3 heterocycles. The zero-order chi connectivity index (χ0) is 25.2. The first-order valence-corrected chi connectivity index (χ1v) is 12.2. The maximum Gasteiger partial charge on any atom is 0.269 e. The van der Waals surface area contributed by atoms with Gasteiger partial charge >= 0.3 is 0 Å². The lowest BCUT2D eigenvalue weighted by Crippen LogP contribution is -2.65. The van der Waals surface area contributed by atoms with Gasteiger partial charge < -0.3 is 20.3 Å². The molecule has 2 N–H and O–H groups in total. The first kappa shape index (κ1) is 25.1. The molecule has 0 radical (unpaired) electrons. The third kappa shape index (κ3) is 5.96.